The van der Waals surface area contributed by atoms with E-state index in [-0.39, 0.29) is 6.10 Å². The molecule has 28 heavy (non-hydrogen) atoms. The van der Waals surface area contributed by atoms with E-state index in [1.807, 2.05) is 0 Å². The van der Waals surface area contributed by atoms with Gasteiger partial charge in [0.2, 0.25) is 0 Å². The monoisotopic (exact) mass is 384 g/mol. The highest BCUT2D eigenvalue weighted by molar-refractivity contribution is 5.25. The lowest BCUT2D eigenvalue weighted by molar-refractivity contribution is -0.0571. The maximum absolute atomic E-state index is 10.2. The lowest BCUT2D eigenvalue weighted by Gasteiger charge is -2.58. The molecule has 3 saturated carbocycles. The number of aliphatic hydroxyl groups is 1. The first kappa shape index (κ1) is 20.7. The molecule has 0 heterocycles. The van der Waals surface area contributed by atoms with E-state index in [0.29, 0.717) is 10.8 Å². The van der Waals surface area contributed by atoms with Gasteiger partial charge in [-0.05, 0) is 118 Å². The Bertz CT molecular complexity index is 641. The molecule has 3 fully saturated rings. The zero-order valence-corrected chi connectivity index (χ0v) is 19.1. The van der Waals surface area contributed by atoms with Gasteiger partial charge in [-0.3, -0.25) is 0 Å². The van der Waals surface area contributed by atoms with E-state index in [1.165, 1.54) is 56.9 Å². The zero-order chi connectivity index (χ0) is 20.1. The largest absolute Gasteiger partial charge is 0.393 e. The third-order valence-electron chi connectivity index (χ3n) is 10.0. The third kappa shape index (κ3) is 3.34. The van der Waals surface area contributed by atoms with Crippen LogP contribution in [0.1, 0.15) is 98.8 Å². The maximum atomic E-state index is 10.2. The van der Waals surface area contributed by atoms with E-state index < -0.39 is 0 Å². The zero-order valence-electron chi connectivity index (χ0n) is 19.1. The molecule has 0 radical (unpaired) electrons. The van der Waals surface area contributed by atoms with Gasteiger partial charge < -0.3 is 5.11 Å². The van der Waals surface area contributed by atoms with Crippen LogP contribution in [-0.2, 0) is 0 Å². The second-order valence-electron chi connectivity index (χ2n) is 11.7. The van der Waals surface area contributed by atoms with E-state index in [1.54, 1.807) is 5.57 Å². The number of aliphatic hydroxyl groups excluding tert-OH is 1. The summed E-state index contributed by atoms with van der Waals surface area (Å²) in [5.74, 6) is 4.49. The normalized spacial score (nSPS) is 46.1. The van der Waals surface area contributed by atoms with Crippen molar-refractivity contribution < 1.29 is 5.11 Å². The van der Waals surface area contributed by atoms with Gasteiger partial charge in [0.1, 0.15) is 0 Å². The van der Waals surface area contributed by atoms with Gasteiger partial charge in [0.15, 0.2) is 0 Å². The molecular weight excluding hydrogens is 340 g/mol. The molecule has 0 bridgehead atoms. The van der Waals surface area contributed by atoms with Crippen molar-refractivity contribution in [1.82, 2.24) is 0 Å². The SMILES string of the molecule is CC(C)=CCC[C@@H](C)C1CCC2C3CC=C4CC(O)CCC4(C)C3CCC21C. The fourth-order valence-corrected chi connectivity index (χ4v) is 8.45. The standard InChI is InChI=1S/C27H44O/c1-18(2)7-6-8-19(3)23-11-12-24-22-10-9-20-17-21(28)13-15-26(20,4)25(22)14-16-27(23,24)5/h7,9,19,21-25,28H,6,8,10-17H2,1-5H3/t19-,21?,22?,23?,24?,25?,26?,27?/m1/s1. The van der Waals surface area contributed by atoms with Gasteiger partial charge in [0, 0.05) is 0 Å². The first-order valence-electron chi connectivity index (χ1n) is 12.3. The van der Waals surface area contributed by atoms with Crippen LogP contribution in [-0.4, -0.2) is 11.2 Å². The van der Waals surface area contributed by atoms with E-state index in [0.717, 1.165) is 42.4 Å². The molecule has 0 aromatic rings. The summed E-state index contributed by atoms with van der Waals surface area (Å²) in [5, 5.41) is 10.2. The Balaban J connectivity index is 1.51. The second kappa shape index (κ2) is 7.60. The van der Waals surface area contributed by atoms with Crippen molar-refractivity contribution in [3.8, 4) is 0 Å². The van der Waals surface area contributed by atoms with E-state index >= 15 is 0 Å². The second-order valence-corrected chi connectivity index (χ2v) is 11.7. The Labute approximate surface area is 174 Å². The summed E-state index contributed by atoms with van der Waals surface area (Å²) in [6.07, 6.45) is 17.9. The Morgan fingerprint density at radius 1 is 1.14 bits per heavy atom. The van der Waals surface area contributed by atoms with Crippen LogP contribution in [0.4, 0.5) is 0 Å². The number of fused-ring (bicyclic) bond motifs is 5. The predicted molar refractivity (Wildman–Crippen MR) is 119 cm³/mol. The molecule has 0 aromatic heterocycles. The highest BCUT2D eigenvalue weighted by Gasteiger charge is 2.58. The van der Waals surface area contributed by atoms with Crippen molar-refractivity contribution in [1.29, 1.82) is 0 Å². The molecule has 1 N–H and O–H groups in total. The van der Waals surface area contributed by atoms with Crippen LogP contribution in [0.2, 0.25) is 0 Å². The topological polar surface area (TPSA) is 20.2 Å². The van der Waals surface area contributed by atoms with Gasteiger partial charge in [-0.2, -0.15) is 0 Å². The molecule has 158 valence electrons. The first-order valence-corrected chi connectivity index (χ1v) is 12.3. The van der Waals surface area contributed by atoms with Gasteiger partial charge >= 0.3 is 0 Å². The summed E-state index contributed by atoms with van der Waals surface area (Å²) in [5.41, 5.74) is 4.04. The van der Waals surface area contributed by atoms with Gasteiger partial charge in [0.05, 0.1) is 6.10 Å². The van der Waals surface area contributed by atoms with Crippen molar-refractivity contribution in [2.24, 2.45) is 40.4 Å². The smallest absolute Gasteiger partial charge is 0.0577 e. The summed E-state index contributed by atoms with van der Waals surface area (Å²) in [4.78, 5) is 0. The number of rotatable bonds is 4. The van der Waals surface area contributed by atoms with Crippen LogP contribution in [0.3, 0.4) is 0 Å². The summed E-state index contributed by atoms with van der Waals surface area (Å²) in [6, 6.07) is 0. The molecule has 0 aromatic carbocycles. The third-order valence-corrected chi connectivity index (χ3v) is 10.0. The Morgan fingerprint density at radius 2 is 1.93 bits per heavy atom. The molecule has 8 atom stereocenters. The van der Waals surface area contributed by atoms with Gasteiger partial charge in [-0.25, -0.2) is 0 Å². The fraction of sp³-hybridized carbons (Fsp3) is 0.852. The molecule has 1 nitrogen and oxygen atoms in total. The Morgan fingerprint density at radius 3 is 2.68 bits per heavy atom. The van der Waals surface area contributed by atoms with Crippen LogP contribution < -0.4 is 0 Å². The highest BCUT2D eigenvalue weighted by atomic mass is 16.3. The molecule has 0 aliphatic heterocycles. The van der Waals surface area contributed by atoms with Gasteiger partial charge in [0.25, 0.3) is 0 Å². The van der Waals surface area contributed by atoms with Crippen LogP contribution >= 0.6 is 0 Å². The molecular formula is C27H44O. The van der Waals surface area contributed by atoms with Crippen molar-refractivity contribution in [2.45, 2.75) is 105 Å². The number of allylic oxidation sites excluding steroid dienone is 3. The minimum atomic E-state index is -0.0813. The Kier molecular flexibility index (Phi) is 5.62. The molecule has 4 aliphatic carbocycles. The van der Waals surface area contributed by atoms with Gasteiger partial charge in [-0.15, -0.1) is 0 Å². The van der Waals surface area contributed by atoms with Crippen LogP contribution in [0.5, 0.6) is 0 Å². The molecule has 0 saturated heterocycles. The minimum absolute atomic E-state index is 0.0813. The average molecular weight is 385 g/mol. The van der Waals surface area contributed by atoms with Crippen molar-refractivity contribution in [3.63, 3.8) is 0 Å². The summed E-state index contributed by atoms with van der Waals surface area (Å²) in [6.45, 7) is 12.2. The van der Waals surface area contributed by atoms with Crippen LogP contribution in [0, 0.1) is 40.4 Å². The van der Waals surface area contributed by atoms with E-state index in [2.05, 4.69) is 46.8 Å². The molecule has 0 spiro atoms. The quantitative estimate of drug-likeness (QED) is 0.504. The molecule has 4 aliphatic rings. The minimum Gasteiger partial charge on any atom is -0.393 e. The van der Waals surface area contributed by atoms with E-state index in [9.17, 15) is 5.11 Å². The van der Waals surface area contributed by atoms with Crippen LogP contribution in [0.25, 0.3) is 0 Å². The van der Waals surface area contributed by atoms with Crippen molar-refractivity contribution >= 4 is 0 Å². The predicted octanol–water partition coefficient (Wildman–Crippen LogP) is 7.31. The van der Waals surface area contributed by atoms with Gasteiger partial charge in [-0.1, -0.05) is 44.1 Å². The lowest BCUT2D eigenvalue weighted by atomic mass is 9.47. The molecule has 1 heteroatoms. The average Bonchev–Trinajstić information content (AvgIpc) is 2.99. The lowest BCUT2D eigenvalue weighted by Crippen LogP contribution is -2.50. The first-order chi connectivity index (χ1) is 13.3. The number of hydrogen-bond donors (Lipinski definition) is 1. The van der Waals surface area contributed by atoms with Crippen LogP contribution in [0.15, 0.2) is 23.3 Å². The summed E-state index contributed by atoms with van der Waals surface area (Å²) < 4.78 is 0. The summed E-state index contributed by atoms with van der Waals surface area (Å²) >= 11 is 0. The van der Waals surface area contributed by atoms with Crippen molar-refractivity contribution in [3.05, 3.63) is 23.3 Å². The summed E-state index contributed by atoms with van der Waals surface area (Å²) in [7, 11) is 0. The van der Waals surface area contributed by atoms with E-state index in [4.69, 9.17) is 0 Å². The molecule has 0 amide bonds. The molecule has 7 unspecified atom stereocenters. The maximum Gasteiger partial charge on any atom is 0.0577 e. The fourth-order valence-electron chi connectivity index (χ4n) is 8.45. The number of hydrogen-bond acceptors (Lipinski definition) is 1. The van der Waals surface area contributed by atoms with Crippen molar-refractivity contribution in [2.75, 3.05) is 0 Å². The highest BCUT2D eigenvalue weighted by Crippen LogP contribution is 2.67. The Hall–Kier alpha value is -0.560. The molecule has 4 rings (SSSR count).